The summed E-state index contributed by atoms with van der Waals surface area (Å²) in [6.07, 6.45) is 1.84. The van der Waals surface area contributed by atoms with Gasteiger partial charge in [-0.05, 0) is 37.1 Å². The van der Waals surface area contributed by atoms with E-state index in [4.69, 9.17) is 0 Å². The number of aliphatic hydroxyl groups is 1. The molecule has 1 aromatic heterocycles. The maximum atomic E-state index is 12.4. The molecule has 3 rings (SSSR count). The van der Waals surface area contributed by atoms with Crippen molar-refractivity contribution in [2.45, 2.75) is 18.9 Å². The number of rotatable bonds is 2. The van der Waals surface area contributed by atoms with Gasteiger partial charge >= 0.3 is 0 Å². The minimum atomic E-state index is -0.0364. The summed E-state index contributed by atoms with van der Waals surface area (Å²) in [5, 5.41) is 10.3. The molecule has 19 heavy (non-hydrogen) atoms. The number of fused-ring (bicyclic) bond motifs is 1. The first kappa shape index (κ1) is 12.7. The Morgan fingerprint density at radius 1 is 1.47 bits per heavy atom. The summed E-state index contributed by atoms with van der Waals surface area (Å²) in [4.78, 5) is 17.4. The summed E-state index contributed by atoms with van der Waals surface area (Å²) < 4.78 is 0.993. The van der Waals surface area contributed by atoms with Crippen LogP contribution in [0.3, 0.4) is 0 Å². The molecule has 5 heteroatoms. The molecule has 1 aliphatic heterocycles. The van der Waals surface area contributed by atoms with Gasteiger partial charge in [0.2, 0.25) is 0 Å². The van der Waals surface area contributed by atoms with Crippen LogP contribution in [-0.4, -0.2) is 40.1 Å². The predicted octanol–water partition coefficient (Wildman–Crippen LogP) is 2.53. The van der Waals surface area contributed by atoms with E-state index in [-0.39, 0.29) is 18.6 Å². The molecular weight excluding hydrogens is 308 g/mol. The maximum Gasteiger partial charge on any atom is 0.270 e. The number of hydrogen-bond acceptors (Lipinski definition) is 2. The van der Waals surface area contributed by atoms with Gasteiger partial charge in [-0.1, -0.05) is 15.9 Å². The molecule has 1 amide bonds. The highest BCUT2D eigenvalue weighted by molar-refractivity contribution is 9.10. The number of carbonyl (C=O) groups excluding carboxylic acids is 1. The summed E-state index contributed by atoms with van der Waals surface area (Å²) in [7, 11) is 0. The molecule has 4 nitrogen and oxygen atoms in total. The number of benzene rings is 1. The molecule has 1 aromatic carbocycles. The van der Waals surface area contributed by atoms with E-state index in [1.54, 1.807) is 4.90 Å². The lowest BCUT2D eigenvalue weighted by Crippen LogP contribution is -2.37. The van der Waals surface area contributed by atoms with Crippen molar-refractivity contribution in [3.8, 4) is 0 Å². The lowest BCUT2D eigenvalue weighted by Gasteiger charge is -2.22. The van der Waals surface area contributed by atoms with E-state index in [1.807, 2.05) is 24.3 Å². The number of aliphatic hydroxyl groups excluding tert-OH is 1. The summed E-state index contributed by atoms with van der Waals surface area (Å²) >= 11 is 3.42. The fraction of sp³-hybridized carbons (Fsp3) is 0.357. The Morgan fingerprint density at radius 2 is 2.32 bits per heavy atom. The number of halogens is 1. The quantitative estimate of drug-likeness (QED) is 0.892. The van der Waals surface area contributed by atoms with Crippen molar-refractivity contribution < 1.29 is 9.90 Å². The standard InChI is InChI=1S/C14H15BrN2O2/c15-10-3-4-12-9(6-10)7-13(16-12)14(19)17-5-1-2-11(17)8-18/h3-4,6-7,11,16,18H,1-2,5,8H2/t11-/m1/s1. The Kier molecular flexibility index (Phi) is 3.33. The van der Waals surface area contributed by atoms with Crippen LogP contribution >= 0.6 is 15.9 Å². The van der Waals surface area contributed by atoms with E-state index >= 15 is 0 Å². The van der Waals surface area contributed by atoms with Crippen LogP contribution < -0.4 is 0 Å². The average molecular weight is 323 g/mol. The van der Waals surface area contributed by atoms with Gasteiger partial charge < -0.3 is 15.0 Å². The Balaban J connectivity index is 1.93. The highest BCUT2D eigenvalue weighted by Crippen LogP contribution is 2.24. The first-order valence-electron chi connectivity index (χ1n) is 6.39. The fourth-order valence-corrected chi connectivity index (χ4v) is 3.05. The van der Waals surface area contributed by atoms with Crippen LogP contribution in [0.25, 0.3) is 10.9 Å². The molecule has 0 bridgehead atoms. The molecule has 0 saturated carbocycles. The zero-order valence-electron chi connectivity index (χ0n) is 10.4. The number of likely N-dealkylation sites (tertiary alicyclic amines) is 1. The number of aromatic nitrogens is 1. The number of H-pyrrole nitrogens is 1. The fourth-order valence-electron chi connectivity index (χ4n) is 2.67. The van der Waals surface area contributed by atoms with E-state index in [2.05, 4.69) is 20.9 Å². The van der Waals surface area contributed by atoms with Crippen LogP contribution in [-0.2, 0) is 0 Å². The highest BCUT2D eigenvalue weighted by Gasteiger charge is 2.29. The van der Waals surface area contributed by atoms with Crippen molar-refractivity contribution in [1.82, 2.24) is 9.88 Å². The monoisotopic (exact) mass is 322 g/mol. The first-order valence-corrected chi connectivity index (χ1v) is 7.18. The van der Waals surface area contributed by atoms with Crippen LogP contribution in [0.15, 0.2) is 28.7 Å². The second-order valence-corrected chi connectivity index (χ2v) is 5.81. The topological polar surface area (TPSA) is 56.3 Å². The van der Waals surface area contributed by atoms with Crippen molar-refractivity contribution in [2.75, 3.05) is 13.2 Å². The van der Waals surface area contributed by atoms with Gasteiger partial charge in [0.15, 0.2) is 0 Å². The number of amides is 1. The zero-order valence-corrected chi connectivity index (χ0v) is 12.0. The van der Waals surface area contributed by atoms with Gasteiger partial charge in [-0.3, -0.25) is 4.79 Å². The molecule has 2 heterocycles. The normalized spacial score (nSPS) is 19.3. The third-order valence-electron chi connectivity index (χ3n) is 3.66. The Hall–Kier alpha value is -1.33. The maximum absolute atomic E-state index is 12.4. The van der Waals surface area contributed by atoms with E-state index in [9.17, 15) is 9.90 Å². The number of hydrogen-bond donors (Lipinski definition) is 2. The smallest absolute Gasteiger partial charge is 0.270 e. The molecule has 2 N–H and O–H groups in total. The molecule has 1 saturated heterocycles. The van der Waals surface area contributed by atoms with Gasteiger partial charge in [0.05, 0.1) is 12.6 Å². The summed E-state index contributed by atoms with van der Waals surface area (Å²) in [5.41, 5.74) is 1.54. The molecule has 1 aliphatic rings. The molecule has 0 radical (unpaired) electrons. The third kappa shape index (κ3) is 2.28. The van der Waals surface area contributed by atoms with Crippen LogP contribution in [0.1, 0.15) is 23.3 Å². The van der Waals surface area contributed by atoms with E-state index in [0.29, 0.717) is 5.69 Å². The first-order chi connectivity index (χ1) is 9.19. The second kappa shape index (κ2) is 4.98. The van der Waals surface area contributed by atoms with Crippen LogP contribution in [0.2, 0.25) is 0 Å². The largest absolute Gasteiger partial charge is 0.394 e. The Labute approximate surface area is 119 Å². The zero-order chi connectivity index (χ0) is 13.4. The molecule has 2 aromatic rings. The van der Waals surface area contributed by atoms with E-state index in [1.165, 1.54) is 0 Å². The van der Waals surface area contributed by atoms with Gasteiger partial charge in [0, 0.05) is 21.9 Å². The van der Waals surface area contributed by atoms with Crippen molar-refractivity contribution in [3.63, 3.8) is 0 Å². The van der Waals surface area contributed by atoms with Crippen molar-refractivity contribution in [2.24, 2.45) is 0 Å². The minimum absolute atomic E-state index is 0.0242. The Morgan fingerprint density at radius 3 is 3.11 bits per heavy atom. The lowest BCUT2D eigenvalue weighted by molar-refractivity contribution is 0.0672. The minimum Gasteiger partial charge on any atom is -0.394 e. The molecular formula is C14H15BrN2O2. The molecule has 1 fully saturated rings. The number of nitrogens with one attached hydrogen (secondary N) is 1. The lowest BCUT2D eigenvalue weighted by atomic mass is 10.2. The van der Waals surface area contributed by atoms with Crippen molar-refractivity contribution in [1.29, 1.82) is 0 Å². The van der Waals surface area contributed by atoms with E-state index < -0.39 is 0 Å². The highest BCUT2D eigenvalue weighted by atomic mass is 79.9. The summed E-state index contributed by atoms with van der Waals surface area (Å²) in [6.45, 7) is 0.765. The number of nitrogens with zero attached hydrogens (tertiary/aromatic N) is 1. The third-order valence-corrected chi connectivity index (χ3v) is 4.16. The van der Waals surface area contributed by atoms with Gasteiger partial charge in [-0.15, -0.1) is 0 Å². The molecule has 1 atom stereocenters. The number of aromatic amines is 1. The molecule has 100 valence electrons. The average Bonchev–Trinajstić information content (AvgIpc) is 3.03. The summed E-state index contributed by atoms with van der Waals surface area (Å²) in [5.74, 6) is -0.0242. The Bertz CT molecular complexity index is 623. The van der Waals surface area contributed by atoms with Crippen LogP contribution in [0, 0.1) is 0 Å². The van der Waals surface area contributed by atoms with Crippen molar-refractivity contribution in [3.05, 3.63) is 34.4 Å². The summed E-state index contributed by atoms with van der Waals surface area (Å²) in [6, 6.07) is 7.71. The molecule has 0 aliphatic carbocycles. The van der Waals surface area contributed by atoms with Gasteiger partial charge in [-0.2, -0.15) is 0 Å². The molecule has 0 spiro atoms. The van der Waals surface area contributed by atoms with Gasteiger partial charge in [0.25, 0.3) is 5.91 Å². The second-order valence-electron chi connectivity index (χ2n) is 4.89. The van der Waals surface area contributed by atoms with Crippen LogP contribution in [0.4, 0.5) is 0 Å². The van der Waals surface area contributed by atoms with Crippen molar-refractivity contribution >= 4 is 32.7 Å². The van der Waals surface area contributed by atoms with Gasteiger partial charge in [-0.25, -0.2) is 0 Å². The SMILES string of the molecule is O=C(c1cc2cc(Br)ccc2[nH]1)N1CCC[C@@H]1CO. The van der Waals surface area contributed by atoms with E-state index in [0.717, 1.165) is 34.8 Å². The molecule has 0 unspecified atom stereocenters. The van der Waals surface area contributed by atoms with Crippen LogP contribution in [0.5, 0.6) is 0 Å². The number of carbonyl (C=O) groups is 1. The predicted molar refractivity (Wildman–Crippen MR) is 77.1 cm³/mol. The van der Waals surface area contributed by atoms with Gasteiger partial charge in [0.1, 0.15) is 5.69 Å².